The number of aliphatic carboxylic acids is 1. The molecule has 0 aromatic carbocycles. The molecule has 0 aliphatic carbocycles. The second kappa shape index (κ2) is 5.20. The van der Waals surface area contributed by atoms with E-state index in [1.807, 2.05) is 11.8 Å². The maximum Gasteiger partial charge on any atom is 0.305 e. The van der Waals surface area contributed by atoms with Gasteiger partial charge in [0, 0.05) is 24.3 Å². The topological polar surface area (TPSA) is 75.5 Å². The van der Waals surface area contributed by atoms with Gasteiger partial charge in [0.05, 0.1) is 13.5 Å². The van der Waals surface area contributed by atoms with E-state index >= 15 is 0 Å². The van der Waals surface area contributed by atoms with Crippen molar-refractivity contribution in [1.82, 2.24) is 9.97 Å². The minimum absolute atomic E-state index is 0.0194. The zero-order chi connectivity index (χ0) is 13.1. The molecule has 0 radical (unpaired) electrons. The summed E-state index contributed by atoms with van der Waals surface area (Å²) in [4.78, 5) is 21.4. The van der Waals surface area contributed by atoms with Gasteiger partial charge in [-0.15, -0.1) is 0 Å². The molecule has 1 N–H and O–H groups in total. The normalized spacial score (nSPS) is 19.0. The Morgan fingerprint density at radius 2 is 2.39 bits per heavy atom. The molecule has 98 valence electrons. The summed E-state index contributed by atoms with van der Waals surface area (Å²) in [6.45, 7) is 2.67. The van der Waals surface area contributed by atoms with Crippen LogP contribution in [-0.2, 0) is 4.79 Å². The smallest absolute Gasteiger partial charge is 0.305 e. The first-order valence-corrected chi connectivity index (χ1v) is 5.98. The van der Waals surface area contributed by atoms with Gasteiger partial charge in [0.1, 0.15) is 0 Å². The lowest BCUT2D eigenvalue weighted by molar-refractivity contribution is -0.137. The van der Waals surface area contributed by atoms with Crippen molar-refractivity contribution in [2.24, 2.45) is 0 Å². The molecule has 1 atom stereocenters. The molecule has 1 saturated heterocycles. The van der Waals surface area contributed by atoms with E-state index in [1.165, 1.54) is 0 Å². The monoisotopic (exact) mass is 251 g/mol. The number of hydrogen-bond acceptors (Lipinski definition) is 5. The molecule has 2 heterocycles. The average molecular weight is 251 g/mol. The Morgan fingerprint density at radius 1 is 1.61 bits per heavy atom. The number of carboxylic acids is 1. The molecule has 6 nitrogen and oxygen atoms in total. The molecule has 1 fully saturated rings. The Morgan fingerprint density at radius 3 is 3.06 bits per heavy atom. The van der Waals surface area contributed by atoms with E-state index in [9.17, 15) is 4.79 Å². The Balaban J connectivity index is 2.24. The summed E-state index contributed by atoms with van der Waals surface area (Å²) in [5, 5.41) is 8.90. The van der Waals surface area contributed by atoms with Crippen LogP contribution >= 0.6 is 0 Å². The van der Waals surface area contributed by atoms with Crippen molar-refractivity contribution in [2.45, 2.75) is 32.2 Å². The van der Waals surface area contributed by atoms with E-state index < -0.39 is 5.97 Å². The SMILES string of the molecule is COc1cc(C)nc(N2CCCC2CC(=O)O)n1. The van der Waals surface area contributed by atoms with E-state index in [2.05, 4.69) is 9.97 Å². The van der Waals surface area contributed by atoms with Gasteiger partial charge in [-0.2, -0.15) is 4.98 Å². The lowest BCUT2D eigenvalue weighted by Gasteiger charge is -2.23. The van der Waals surface area contributed by atoms with Gasteiger partial charge in [-0.1, -0.05) is 0 Å². The number of hydrogen-bond donors (Lipinski definition) is 1. The second-order valence-electron chi connectivity index (χ2n) is 4.44. The predicted molar refractivity (Wildman–Crippen MR) is 65.9 cm³/mol. The third-order valence-corrected chi connectivity index (χ3v) is 3.07. The summed E-state index contributed by atoms with van der Waals surface area (Å²) in [5.74, 6) is 0.292. The van der Waals surface area contributed by atoms with Gasteiger partial charge in [-0.05, 0) is 19.8 Å². The molecule has 2 rings (SSSR count). The number of aromatic nitrogens is 2. The zero-order valence-electron chi connectivity index (χ0n) is 10.6. The highest BCUT2D eigenvalue weighted by Crippen LogP contribution is 2.26. The highest BCUT2D eigenvalue weighted by atomic mass is 16.5. The van der Waals surface area contributed by atoms with Crippen LogP contribution in [0.5, 0.6) is 5.88 Å². The van der Waals surface area contributed by atoms with Crippen molar-refractivity contribution in [3.63, 3.8) is 0 Å². The maximum absolute atomic E-state index is 10.8. The molecule has 18 heavy (non-hydrogen) atoms. The molecule has 1 unspecified atom stereocenters. The fourth-order valence-electron chi connectivity index (χ4n) is 2.27. The number of carbonyl (C=O) groups is 1. The summed E-state index contributed by atoms with van der Waals surface area (Å²) in [7, 11) is 1.56. The van der Waals surface area contributed by atoms with E-state index in [0.29, 0.717) is 11.8 Å². The number of nitrogens with zero attached hydrogens (tertiary/aromatic N) is 3. The standard InChI is InChI=1S/C12H17N3O3/c1-8-6-10(18-2)14-12(13-8)15-5-3-4-9(15)7-11(16)17/h6,9H,3-5,7H2,1-2H3,(H,16,17). The van der Waals surface area contributed by atoms with Crippen LogP contribution in [0.25, 0.3) is 0 Å². The molecule has 1 aromatic rings. The van der Waals surface area contributed by atoms with Crippen molar-refractivity contribution in [3.8, 4) is 5.88 Å². The fourth-order valence-corrected chi connectivity index (χ4v) is 2.27. The molecule has 1 aliphatic rings. The first kappa shape index (κ1) is 12.6. The predicted octanol–water partition coefficient (Wildman–Crippen LogP) is 1.24. The number of anilines is 1. The van der Waals surface area contributed by atoms with E-state index in [0.717, 1.165) is 25.1 Å². The van der Waals surface area contributed by atoms with Crippen LogP contribution in [-0.4, -0.2) is 40.7 Å². The third-order valence-electron chi connectivity index (χ3n) is 3.07. The summed E-state index contributed by atoms with van der Waals surface area (Å²) >= 11 is 0. The molecule has 0 bridgehead atoms. The van der Waals surface area contributed by atoms with Crippen molar-refractivity contribution < 1.29 is 14.6 Å². The molecule has 6 heteroatoms. The summed E-state index contributed by atoms with van der Waals surface area (Å²) in [6, 6.07) is 1.74. The zero-order valence-corrected chi connectivity index (χ0v) is 10.6. The molecular weight excluding hydrogens is 234 g/mol. The Bertz CT molecular complexity index is 450. The second-order valence-corrected chi connectivity index (χ2v) is 4.44. The Labute approximate surface area is 106 Å². The van der Waals surface area contributed by atoms with Crippen molar-refractivity contribution in [3.05, 3.63) is 11.8 Å². The van der Waals surface area contributed by atoms with Crippen LogP contribution in [0.1, 0.15) is 25.0 Å². The summed E-state index contributed by atoms with van der Waals surface area (Å²) < 4.78 is 5.12. The minimum Gasteiger partial charge on any atom is -0.481 e. The van der Waals surface area contributed by atoms with Gasteiger partial charge in [-0.3, -0.25) is 4.79 Å². The molecular formula is C12H17N3O3. The van der Waals surface area contributed by atoms with Crippen molar-refractivity contribution >= 4 is 11.9 Å². The van der Waals surface area contributed by atoms with E-state index in [-0.39, 0.29) is 12.5 Å². The fraction of sp³-hybridized carbons (Fsp3) is 0.583. The van der Waals surface area contributed by atoms with Gasteiger partial charge < -0.3 is 14.7 Å². The molecule has 0 saturated carbocycles. The largest absolute Gasteiger partial charge is 0.481 e. The average Bonchev–Trinajstić information content (AvgIpc) is 2.75. The van der Waals surface area contributed by atoms with Crippen LogP contribution in [0.3, 0.4) is 0 Å². The van der Waals surface area contributed by atoms with Gasteiger partial charge in [-0.25, -0.2) is 4.98 Å². The van der Waals surface area contributed by atoms with Crippen molar-refractivity contribution in [2.75, 3.05) is 18.6 Å². The van der Waals surface area contributed by atoms with Gasteiger partial charge in [0.2, 0.25) is 11.8 Å². The van der Waals surface area contributed by atoms with Gasteiger partial charge in [0.25, 0.3) is 0 Å². The lowest BCUT2D eigenvalue weighted by Crippen LogP contribution is -2.32. The number of methoxy groups -OCH3 is 1. The quantitative estimate of drug-likeness (QED) is 0.867. The third kappa shape index (κ3) is 2.69. The first-order valence-electron chi connectivity index (χ1n) is 5.98. The summed E-state index contributed by atoms with van der Waals surface area (Å²) in [5.41, 5.74) is 0.817. The number of carboxylic acid groups (broad SMARTS) is 1. The van der Waals surface area contributed by atoms with Gasteiger partial charge >= 0.3 is 5.97 Å². The Hall–Kier alpha value is -1.85. The van der Waals surface area contributed by atoms with Gasteiger partial charge in [0.15, 0.2) is 0 Å². The number of aryl methyl sites for hydroxylation is 1. The molecule has 0 spiro atoms. The lowest BCUT2D eigenvalue weighted by atomic mass is 10.1. The minimum atomic E-state index is -0.786. The van der Waals surface area contributed by atoms with Crippen LogP contribution in [0.15, 0.2) is 6.07 Å². The molecule has 1 aliphatic heterocycles. The Kier molecular flexibility index (Phi) is 3.64. The highest BCUT2D eigenvalue weighted by Gasteiger charge is 2.28. The summed E-state index contributed by atoms with van der Waals surface area (Å²) in [6.07, 6.45) is 1.96. The molecule has 0 amide bonds. The number of ether oxygens (including phenoxy) is 1. The van der Waals surface area contributed by atoms with E-state index in [4.69, 9.17) is 9.84 Å². The van der Waals surface area contributed by atoms with Crippen LogP contribution < -0.4 is 9.64 Å². The molecule has 1 aromatic heterocycles. The highest BCUT2D eigenvalue weighted by molar-refractivity contribution is 5.68. The van der Waals surface area contributed by atoms with Crippen LogP contribution in [0, 0.1) is 6.92 Å². The number of rotatable bonds is 4. The van der Waals surface area contributed by atoms with Crippen LogP contribution in [0.4, 0.5) is 5.95 Å². The first-order chi connectivity index (χ1) is 8.60. The maximum atomic E-state index is 10.8. The van der Waals surface area contributed by atoms with E-state index in [1.54, 1.807) is 13.2 Å². The van der Waals surface area contributed by atoms with Crippen molar-refractivity contribution in [1.29, 1.82) is 0 Å². The van der Waals surface area contributed by atoms with Crippen LogP contribution in [0.2, 0.25) is 0 Å².